The van der Waals surface area contributed by atoms with Crippen molar-refractivity contribution >= 4 is 5.78 Å². The predicted octanol–water partition coefficient (Wildman–Crippen LogP) is 3.78. The fraction of sp³-hybridized carbons (Fsp3) is 0.588. The smallest absolute Gasteiger partial charge is 0.194 e. The van der Waals surface area contributed by atoms with Gasteiger partial charge in [-0.25, -0.2) is 0 Å². The van der Waals surface area contributed by atoms with Gasteiger partial charge in [-0.3, -0.25) is 4.79 Å². The number of hydrogen-bond acceptors (Lipinski definition) is 3. The van der Waals surface area contributed by atoms with Crippen molar-refractivity contribution in [2.75, 3.05) is 14.2 Å². The molecule has 0 unspecified atom stereocenters. The number of Topliss-reactive ketones (excluding diaryl/α,β-unsaturated/α-hetero) is 1. The maximum Gasteiger partial charge on any atom is 0.194 e. The summed E-state index contributed by atoms with van der Waals surface area (Å²) in [6, 6.07) is 5.60. The van der Waals surface area contributed by atoms with Gasteiger partial charge in [0.25, 0.3) is 0 Å². The fourth-order valence-corrected chi connectivity index (χ4v) is 3.02. The molecule has 2 rings (SSSR count). The Morgan fingerprint density at radius 2 is 1.90 bits per heavy atom. The molecule has 1 saturated carbocycles. The lowest BCUT2D eigenvalue weighted by atomic mass is 9.75. The third-order valence-corrected chi connectivity index (χ3v) is 4.56. The Hall–Kier alpha value is -1.35. The van der Waals surface area contributed by atoms with Gasteiger partial charge in [0.1, 0.15) is 11.4 Å². The third kappa shape index (κ3) is 2.73. The maximum absolute atomic E-state index is 12.9. The van der Waals surface area contributed by atoms with Gasteiger partial charge in [0.05, 0.1) is 7.11 Å². The van der Waals surface area contributed by atoms with Crippen molar-refractivity contribution in [2.45, 2.75) is 45.1 Å². The first-order valence-corrected chi connectivity index (χ1v) is 7.27. The molecule has 110 valence electrons. The first-order valence-electron chi connectivity index (χ1n) is 7.27. The molecule has 0 amide bonds. The standard InChI is InChI=1S/C17H24O3/c1-12-7-9-17(20-4,10-8-12)16(18)15-6-5-14(19-3)11-13(15)2/h5-6,11-12H,7-10H2,1-4H3. The molecule has 20 heavy (non-hydrogen) atoms. The molecule has 1 aliphatic rings. The quantitative estimate of drug-likeness (QED) is 0.785. The lowest BCUT2D eigenvalue weighted by Gasteiger charge is -2.37. The Labute approximate surface area is 121 Å². The summed E-state index contributed by atoms with van der Waals surface area (Å²) >= 11 is 0. The Bertz CT molecular complexity index is 485. The van der Waals surface area contributed by atoms with Crippen LogP contribution in [-0.4, -0.2) is 25.6 Å². The van der Waals surface area contributed by atoms with Gasteiger partial charge >= 0.3 is 0 Å². The normalized spacial score (nSPS) is 26.3. The second kappa shape index (κ2) is 5.96. The highest BCUT2D eigenvalue weighted by Crippen LogP contribution is 2.37. The zero-order chi connectivity index (χ0) is 14.8. The van der Waals surface area contributed by atoms with Crippen LogP contribution in [0.5, 0.6) is 5.75 Å². The van der Waals surface area contributed by atoms with E-state index in [0.29, 0.717) is 5.92 Å². The lowest BCUT2D eigenvalue weighted by Crippen LogP contribution is -2.44. The SMILES string of the molecule is COc1ccc(C(=O)C2(OC)CCC(C)CC2)c(C)c1. The maximum atomic E-state index is 12.9. The van der Waals surface area contributed by atoms with Gasteiger partial charge in [-0.05, 0) is 62.3 Å². The van der Waals surface area contributed by atoms with E-state index in [1.54, 1.807) is 14.2 Å². The van der Waals surface area contributed by atoms with Gasteiger partial charge in [0.2, 0.25) is 0 Å². The summed E-state index contributed by atoms with van der Waals surface area (Å²) < 4.78 is 10.9. The van der Waals surface area contributed by atoms with Crippen LogP contribution in [-0.2, 0) is 4.74 Å². The van der Waals surface area contributed by atoms with Crippen LogP contribution in [0.1, 0.15) is 48.5 Å². The van der Waals surface area contributed by atoms with Crippen LogP contribution < -0.4 is 4.74 Å². The van der Waals surface area contributed by atoms with E-state index in [1.807, 2.05) is 25.1 Å². The number of rotatable bonds is 4. The number of ketones is 1. The van der Waals surface area contributed by atoms with Crippen molar-refractivity contribution in [1.82, 2.24) is 0 Å². The number of carbonyl (C=O) groups excluding carboxylic acids is 1. The molecule has 0 saturated heterocycles. The van der Waals surface area contributed by atoms with Gasteiger partial charge in [0, 0.05) is 12.7 Å². The molecular weight excluding hydrogens is 252 g/mol. The van der Waals surface area contributed by atoms with E-state index in [2.05, 4.69) is 6.92 Å². The van der Waals surface area contributed by atoms with Gasteiger partial charge in [-0.1, -0.05) is 6.92 Å². The third-order valence-electron chi connectivity index (χ3n) is 4.56. The average molecular weight is 276 g/mol. The Kier molecular flexibility index (Phi) is 4.48. The van der Waals surface area contributed by atoms with Crippen molar-refractivity contribution in [2.24, 2.45) is 5.92 Å². The topological polar surface area (TPSA) is 35.5 Å². The van der Waals surface area contributed by atoms with Gasteiger partial charge < -0.3 is 9.47 Å². The van der Waals surface area contributed by atoms with Crippen LogP contribution in [0.25, 0.3) is 0 Å². The highest BCUT2D eigenvalue weighted by Gasteiger charge is 2.41. The largest absolute Gasteiger partial charge is 0.497 e. The monoisotopic (exact) mass is 276 g/mol. The zero-order valence-corrected chi connectivity index (χ0v) is 12.9. The van der Waals surface area contributed by atoms with E-state index < -0.39 is 5.60 Å². The molecule has 0 spiro atoms. The highest BCUT2D eigenvalue weighted by molar-refractivity contribution is 6.03. The number of methoxy groups -OCH3 is 2. The fourth-order valence-electron chi connectivity index (χ4n) is 3.02. The van der Waals surface area contributed by atoms with E-state index >= 15 is 0 Å². The molecule has 3 heteroatoms. The zero-order valence-electron chi connectivity index (χ0n) is 12.9. The molecule has 1 aromatic rings. The van der Waals surface area contributed by atoms with E-state index in [9.17, 15) is 4.79 Å². The van der Waals surface area contributed by atoms with E-state index in [0.717, 1.165) is 42.6 Å². The Morgan fingerprint density at radius 1 is 1.25 bits per heavy atom. The van der Waals surface area contributed by atoms with E-state index in [4.69, 9.17) is 9.47 Å². The second-order valence-electron chi connectivity index (χ2n) is 5.89. The summed E-state index contributed by atoms with van der Waals surface area (Å²) in [4.78, 5) is 12.9. The molecule has 1 aliphatic carbocycles. The summed E-state index contributed by atoms with van der Waals surface area (Å²) in [5.41, 5.74) is 1.07. The van der Waals surface area contributed by atoms with Gasteiger partial charge in [0.15, 0.2) is 5.78 Å². The summed E-state index contributed by atoms with van der Waals surface area (Å²) in [5.74, 6) is 1.58. The van der Waals surface area contributed by atoms with Crippen molar-refractivity contribution < 1.29 is 14.3 Å². The molecular formula is C17H24O3. The second-order valence-corrected chi connectivity index (χ2v) is 5.89. The van der Waals surface area contributed by atoms with Crippen molar-refractivity contribution in [3.05, 3.63) is 29.3 Å². The van der Waals surface area contributed by atoms with Gasteiger partial charge in [-0.2, -0.15) is 0 Å². The molecule has 1 aromatic carbocycles. The molecule has 0 radical (unpaired) electrons. The van der Waals surface area contributed by atoms with Crippen molar-refractivity contribution in [1.29, 1.82) is 0 Å². The molecule has 3 nitrogen and oxygen atoms in total. The summed E-state index contributed by atoms with van der Waals surface area (Å²) in [5, 5.41) is 0. The van der Waals surface area contributed by atoms with Crippen molar-refractivity contribution in [3.63, 3.8) is 0 Å². The van der Waals surface area contributed by atoms with Crippen LogP contribution >= 0.6 is 0 Å². The minimum Gasteiger partial charge on any atom is -0.497 e. The number of aryl methyl sites for hydroxylation is 1. The van der Waals surface area contributed by atoms with E-state index in [1.165, 1.54) is 0 Å². The Morgan fingerprint density at radius 3 is 2.40 bits per heavy atom. The first-order chi connectivity index (χ1) is 9.52. The highest BCUT2D eigenvalue weighted by atomic mass is 16.5. The summed E-state index contributed by atoms with van der Waals surface area (Å²) in [6.45, 7) is 4.19. The molecule has 0 aliphatic heterocycles. The average Bonchev–Trinajstić information content (AvgIpc) is 2.47. The lowest BCUT2D eigenvalue weighted by molar-refractivity contribution is -0.0263. The van der Waals surface area contributed by atoms with Crippen LogP contribution in [0.3, 0.4) is 0 Å². The molecule has 0 heterocycles. The number of hydrogen-bond donors (Lipinski definition) is 0. The summed E-state index contributed by atoms with van der Waals surface area (Å²) in [6.07, 6.45) is 3.73. The van der Waals surface area contributed by atoms with Crippen LogP contribution in [0.2, 0.25) is 0 Å². The summed E-state index contributed by atoms with van der Waals surface area (Å²) in [7, 11) is 3.29. The van der Waals surface area contributed by atoms with Crippen LogP contribution in [0.15, 0.2) is 18.2 Å². The minimum atomic E-state index is -0.633. The van der Waals surface area contributed by atoms with Crippen LogP contribution in [0, 0.1) is 12.8 Å². The molecule has 0 N–H and O–H groups in total. The Balaban J connectivity index is 2.29. The van der Waals surface area contributed by atoms with Crippen LogP contribution in [0.4, 0.5) is 0 Å². The minimum absolute atomic E-state index is 0.118. The first kappa shape index (κ1) is 15.0. The molecule has 1 fully saturated rings. The number of carbonyl (C=O) groups is 1. The predicted molar refractivity (Wildman–Crippen MR) is 79.4 cm³/mol. The molecule has 0 bridgehead atoms. The molecule has 0 aromatic heterocycles. The van der Waals surface area contributed by atoms with Crippen molar-refractivity contribution in [3.8, 4) is 5.75 Å². The number of benzene rings is 1. The van der Waals surface area contributed by atoms with E-state index in [-0.39, 0.29) is 5.78 Å². The number of ether oxygens (including phenoxy) is 2. The molecule has 0 atom stereocenters. The van der Waals surface area contributed by atoms with Gasteiger partial charge in [-0.15, -0.1) is 0 Å².